The lowest BCUT2D eigenvalue weighted by Gasteiger charge is -2.38. The molecule has 0 unspecified atom stereocenters. The van der Waals surface area contributed by atoms with Crippen LogP contribution in [0.2, 0.25) is 0 Å². The Bertz CT molecular complexity index is 704. The Kier molecular flexibility index (Phi) is 5.94. The molecule has 1 aliphatic heterocycles. The molecule has 4 heteroatoms. The van der Waals surface area contributed by atoms with E-state index in [4.69, 9.17) is 0 Å². The number of hydrogen-bond acceptors (Lipinski definition) is 3. The first kappa shape index (κ1) is 18.5. The third-order valence-corrected chi connectivity index (χ3v) is 5.21. The van der Waals surface area contributed by atoms with Crippen LogP contribution in [0.25, 0.3) is 0 Å². The lowest BCUT2D eigenvalue weighted by atomic mass is 10.0. The maximum atomic E-state index is 12.6. The molecule has 2 aromatic rings. The number of nitrogens with one attached hydrogen (secondary N) is 1. The Labute approximate surface area is 156 Å². The van der Waals surface area contributed by atoms with Gasteiger partial charge < -0.3 is 10.2 Å². The second-order valence-electron chi connectivity index (χ2n) is 7.30. The van der Waals surface area contributed by atoms with Crippen molar-refractivity contribution in [2.24, 2.45) is 0 Å². The zero-order valence-electron chi connectivity index (χ0n) is 16.0. The molecule has 1 aliphatic rings. The molecule has 1 amide bonds. The molecule has 1 fully saturated rings. The Morgan fingerprint density at radius 2 is 1.50 bits per heavy atom. The van der Waals surface area contributed by atoms with Crippen molar-refractivity contribution in [3.63, 3.8) is 0 Å². The summed E-state index contributed by atoms with van der Waals surface area (Å²) < 4.78 is 0. The van der Waals surface area contributed by atoms with Crippen molar-refractivity contribution < 1.29 is 4.79 Å². The molecular weight excluding hydrogens is 322 g/mol. The van der Waals surface area contributed by atoms with Crippen molar-refractivity contribution >= 4 is 17.3 Å². The molecule has 0 saturated carbocycles. The second kappa shape index (κ2) is 8.37. The van der Waals surface area contributed by atoms with Gasteiger partial charge in [-0.1, -0.05) is 44.2 Å². The fraction of sp³-hybridized carbons (Fsp3) is 0.409. The van der Waals surface area contributed by atoms with Crippen LogP contribution < -0.4 is 10.2 Å². The van der Waals surface area contributed by atoms with Crippen LogP contribution in [0.1, 0.15) is 32.3 Å². The van der Waals surface area contributed by atoms with Gasteiger partial charge in [0.05, 0.1) is 6.04 Å². The first-order valence-corrected chi connectivity index (χ1v) is 9.49. The van der Waals surface area contributed by atoms with E-state index >= 15 is 0 Å². The van der Waals surface area contributed by atoms with Crippen molar-refractivity contribution in [2.45, 2.75) is 32.7 Å². The molecule has 1 N–H and O–H groups in total. The van der Waals surface area contributed by atoms with E-state index in [0.29, 0.717) is 5.92 Å². The molecule has 1 heterocycles. The summed E-state index contributed by atoms with van der Waals surface area (Å²) in [5, 5.41) is 3.05. The van der Waals surface area contributed by atoms with E-state index in [-0.39, 0.29) is 11.9 Å². The fourth-order valence-corrected chi connectivity index (χ4v) is 3.37. The molecule has 0 bridgehead atoms. The van der Waals surface area contributed by atoms with Crippen LogP contribution in [0.4, 0.5) is 11.4 Å². The van der Waals surface area contributed by atoms with E-state index in [1.54, 1.807) is 0 Å². The highest BCUT2D eigenvalue weighted by Crippen LogP contribution is 2.19. The number of benzene rings is 2. The largest absolute Gasteiger partial charge is 0.369 e. The Hall–Kier alpha value is -2.33. The van der Waals surface area contributed by atoms with Crippen LogP contribution in [0.15, 0.2) is 54.6 Å². The number of rotatable bonds is 5. The summed E-state index contributed by atoms with van der Waals surface area (Å²) in [4.78, 5) is 17.3. The standard InChI is InChI=1S/C22H29N3O/c1-17(2)19-9-11-20(12-10-19)23-22(26)18(3)24-13-15-25(16-14-24)21-7-5-4-6-8-21/h4-12,17-18H,13-16H2,1-3H3,(H,23,26)/t18-/m1/s1. The Morgan fingerprint density at radius 3 is 2.08 bits per heavy atom. The number of carbonyl (C=O) groups is 1. The molecule has 0 aromatic heterocycles. The third-order valence-electron chi connectivity index (χ3n) is 5.21. The monoisotopic (exact) mass is 351 g/mol. The topological polar surface area (TPSA) is 35.6 Å². The van der Waals surface area contributed by atoms with Crippen molar-refractivity contribution in [3.8, 4) is 0 Å². The van der Waals surface area contributed by atoms with Crippen LogP contribution in [-0.2, 0) is 4.79 Å². The molecule has 2 aromatic carbocycles. The van der Waals surface area contributed by atoms with E-state index in [1.807, 2.05) is 25.1 Å². The summed E-state index contributed by atoms with van der Waals surface area (Å²) in [6, 6.07) is 18.5. The molecule has 138 valence electrons. The highest BCUT2D eigenvalue weighted by molar-refractivity contribution is 5.94. The van der Waals surface area contributed by atoms with Gasteiger partial charge in [-0.15, -0.1) is 0 Å². The minimum absolute atomic E-state index is 0.0652. The first-order chi connectivity index (χ1) is 12.5. The van der Waals surface area contributed by atoms with Crippen LogP contribution in [0.5, 0.6) is 0 Å². The molecule has 0 aliphatic carbocycles. The number of nitrogens with zero attached hydrogens (tertiary/aromatic N) is 2. The number of amides is 1. The highest BCUT2D eigenvalue weighted by atomic mass is 16.2. The molecule has 1 saturated heterocycles. The summed E-state index contributed by atoms with van der Waals surface area (Å²) in [5.74, 6) is 0.565. The van der Waals surface area contributed by atoms with Gasteiger partial charge in [-0.3, -0.25) is 9.69 Å². The lowest BCUT2D eigenvalue weighted by molar-refractivity contribution is -0.120. The van der Waals surface area contributed by atoms with Gasteiger partial charge in [-0.05, 0) is 42.7 Å². The Morgan fingerprint density at radius 1 is 0.885 bits per heavy atom. The van der Waals surface area contributed by atoms with Crippen LogP contribution in [0, 0.1) is 0 Å². The van der Waals surface area contributed by atoms with E-state index in [9.17, 15) is 4.79 Å². The molecule has 1 atom stereocenters. The van der Waals surface area contributed by atoms with Crippen molar-refractivity contribution in [3.05, 3.63) is 60.2 Å². The van der Waals surface area contributed by atoms with Crippen LogP contribution in [-0.4, -0.2) is 43.0 Å². The highest BCUT2D eigenvalue weighted by Gasteiger charge is 2.25. The third kappa shape index (κ3) is 4.44. The quantitative estimate of drug-likeness (QED) is 0.886. The van der Waals surface area contributed by atoms with E-state index in [1.165, 1.54) is 11.3 Å². The maximum Gasteiger partial charge on any atom is 0.241 e. The van der Waals surface area contributed by atoms with Gasteiger partial charge in [-0.25, -0.2) is 0 Å². The molecule has 26 heavy (non-hydrogen) atoms. The molecule has 0 spiro atoms. The number of piperazine rings is 1. The smallest absolute Gasteiger partial charge is 0.241 e. The number of carbonyl (C=O) groups excluding carboxylic acids is 1. The number of para-hydroxylation sites is 1. The van der Waals surface area contributed by atoms with E-state index in [0.717, 1.165) is 31.9 Å². The van der Waals surface area contributed by atoms with E-state index in [2.05, 4.69) is 65.4 Å². The summed E-state index contributed by atoms with van der Waals surface area (Å²) >= 11 is 0. The predicted octanol–water partition coefficient (Wildman–Crippen LogP) is 3.96. The second-order valence-corrected chi connectivity index (χ2v) is 7.30. The summed E-state index contributed by atoms with van der Waals surface area (Å²) in [6.45, 7) is 10.0. The Balaban J connectivity index is 1.53. The summed E-state index contributed by atoms with van der Waals surface area (Å²) in [6.07, 6.45) is 0. The normalized spacial score (nSPS) is 16.5. The maximum absolute atomic E-state index is 12.6. The zero-order valence-corrected chi connectivity index (χ0v) is 16.0. The van der Waals surface area contributed by atoms with Gasteiger partial charge >= 0.3 is 0 Å². The van der Waals surface area contributed by atoms with E-state index < -0.39 is 0 Å². The minimum atomic E-state index is -0.127. The molecular formula is C22H29N3O. The van der Waals surface area contributed by atoms with Crippen LogP contribution in [0.3, 0.4) is 0 Å². The zero-order chi connectivity index (χ0) is 18.5. The van der Waals surface area contributed by atoms with Crippen molar-refractivity contribution in [1.29, 1.82) is 0 Å². The average molecular weight is 351 g/mol. The summed E-state index contributed by atoms with van der Waals surface area (Å²) in [7, 11) is 0. The average Bonchev–Trinajstić information content (AvgIpc) is 2.68. The number of hydrogen-bond donors (Lipinski definition) is 1. The van der Waals surface area contributed by atoms with Gasteiger partial charge in [0.25, 0.3) is 0 Å². The van der Waals surface area contributed by atoms with Gasteiger partial charge in [0, 0.05) is 37.6 Å². The van der Waals surface area contributed by atoms with Crippen molar-refractivity contribution in [1.82, 2.24) is 4.90 Å². The number of anilines is 2. The van der Waals surface area contributed by atoms with Gasteiger partial charge in [0.2, 0.25) is 5.91 Å². The molecule has 3 rings (SSSR count). The van der Waals surface area contributed by atoms with Gasteiger partial charge in [-0.2, -0.15) is 0 Å². The van der Waals surface area contributed by atoms with Gasteiger partial charge in [0.1, 0.15) is 0 Å². The van der Waals surface area contributed by atoms with Gasteiger partial charge in [0.15, 0.2) is 0 Å². The minimum Gasteiger partial charge on any atom is -0.369 e. The fourth-order valence-electron chi connectivity index (χ4n) is 3.37. The summed E-state index contributed by atoms with van der Waals surface area (Å²) in [5.41, 5.74) is 3.41. The molecule has 0 radical (unpaired) electrons. The van der Waals surface area contributed by atoms with Crippen LogP contribution >= 0.6 is 0 Å². The predicted molar refractivity (Wildman–Crippen MR) is 109 cm³/mol. The first-order valence-electron chi connectivity index (χ1n) is 9.49. The lowest BCUT2D eigenvalue weighted by Crippen LogP contribution is -2.52. The SMILES string of the molecule is CC(C)c1ccc(NC(=O)[C@@H](C)N2CCN(c3ccccc3)CC2)cc1. The molecule has 4 nitrogen and oxygen atoms in total. The van der Waals surface area contributed by atoms with Crippen molar-refractivity contribution in [2.75, 3.05) is 36.4 Å².